The zero-order valence-electron chi connectivity index (χ0n) is 17.0. The number of amides is 1. The van der Waals surface area contributed by atoms with Crippen molar-refractivity contribution in [3.05, 3.63) is 41.4 Å². The number of nitrogens with one attached hydrogen (secondary N) is 2. The monoisotopic (exact) mass is 449 g/mol. The molecule has 0 aliphatic heterocycles. The minimum Gasteiger partial charge on any atom is -0.484 e. The highest BCUT2D eigenvalue weighted by atomic mass is 35.5. The van der Waals surface area contributed by atoms with Gasteiger partial charge in [-0.05, 0) is 44.2 Å². The first-order valence-corrected chi connectivity index (χ1v) is 10.9. The van der Waals surface area contributed by atoms with Crippen LogP contribution in [0.3, 0.4) is 0 Å². The molecule has 1 heterocycles. The zero-order valence-corrected chi connectivity index (χ0v) is 17.8. The summed E-state index contributed by atoms with van der Waals surface area (Å²) in [6.07, 6.45) is 8.34. The molecule has 0 spiro atoms. The molecule has 31 heavy (non-hydrogen) atoms. The van der Waals surface area contributed by atoms with Crippen LogP contribution in [0.25, 0.3) is 0 Å². The van der Waals surface area contributed by atoms with Crippen molar-refractivity contribution in [1.82, 2.24) is 25.6 Å². The number of rotatable bonds is 10. The fourth-order valence-electron chi connectivity index (χ4n) is 4.97. The van der Waals surface area contributed by atoms with Gasteiger partial charge in [0.1, 0.15) is 11.6 Å². The summed E-state index contributed by atoms with van der Waals surface area (Å²) in [7, 11) is 0. The van der Waals surface area contributed by atoms with Gasteiger partial charge in [0.2, 0.25) is 0 Å². The standard InChI is InChI=1S/C21H25ClFN5O3/c22-17-2-1-15(9-18(17)23)31-10-19(29)27-21-11-20(12-21,13-21)24-5-6-30-16-7-14(8-16)28-25-3-4-26-28/h1-4,9,14,16,24H,5-8,10-13H2,(H,27,29). The summed E-state index contributed by atoms with van der Waals surface area (Å²) in [4.78, 5) is 13.9. The van der Waals surface area contributed by atoms with Gasteiger partial charge in [-0.3, -0.25) is 4.79 Å². The van der Waals surface area contributed by atoms with E-state index in [2.05, 4.69) is 20.8 Å². The number of ether oxygens (including phenoxy) is 2. The number of benzene rings is 1. The molecule has 4 saturated carbocycles. The van der Waals surface area contributed by atoms with Crippen molar-refractivity contribution >= 4 is 17.5 Å². The molecule has 0 atom stereocenters. The smallest absolute Gasteiger partial charge is 0.258 e. The lowest BCUT2D eigenvalue weighted by Crippen LogP contribution is -2.83. The molecule has 166 valence electrons. The predicted octanol–water partition coefficient (Wildman–Crippen LogP) is 2.25. The van der Waals surface area contributed by atoms with E-state index in [0.717, 1.165) is 38.6 Å². The fourth-order valence-corrected chi connectivity index (χ4v) is 5.09. The van der Waals surface area contributed by atoms with Crippen LogP contribution < -0.4 is 15.4 Å². The number of aromatic nitrogens is 3. The lowest BCUT2D eigenvalue weighted by molar-refractivity contribution is -0.144. The predicted molar refractivity (Wildman–Crippen MR) is 110 cm³/mol. The van der Waals surface area contributed by atoms with Crippen LogP contribution in [0.4, 0.5) is 4.39 Å². The molecule has 2 bridgehead atoms. The van der Waals surface area contributed by atoms with Crippen LogP contribution in [0.5, 0.6) is 5.75 Å². The Balaban J connectivity index is 0.944. The van der Waals surface area contributed by atoms with Gasteiger partial charge < -0.3 is 20.1 Å². The van der Waals surface area contributed by atoms with Gasteiger partial charge in [0.15, 0.2) is 6.61 Å². The molecule has 2 aromatic rings. The highest BCUT2D eigenvalue weighted by molar-refractivity contribution is 6.30. The third-order valence-corrected chi connectivity index (χ3v) is 6.79. The molecule has 8 nitrogen and oxygen atoms in total. The van der Waals surface area contributed by atoms with Gasteiger partial charge in [-0.1, -0.05) is 11.6 Å². The Hall–Kier alpha value is -2.23. The maximum absolute atomic E-state index is 13.4. The number of hydrogen-bond donors (Lipinski definition) is 2. The summed E-state index contributed by atoms with van der Waals surface area (Å²) in [6.45, 7) is 1.33. The molecular weight excluding hydrogens is 425 g/mol. The van der Waals surface area contributed by atoms with E-state index in [-0.39, 0.29) is 40.5 Å². The minimum absolute atomic E-state index is 0.0253. The first kappa shape index (κ1) is 20.7. The lowest BCUT2D eigenvalue weighted by Gasteiger charge is -2.70. The Bertz CT molecular complexity index is 931. The van der Waals surface area contributed by atoms with Crippen molar-refractivity contribution in [2.45, 2.75) is 55.3 Å². The van der Waals surface area contributed by atoms with E-state index < -0.39 is 5.82 Å². The molecule has 10 heteroatoms. The minimum atomic E-state index is -0.567. The van der Waals surface area contributed by atoms with E-state index in [0.29, 0.717) is 12.6 Å². The van der Waals surface area contributed by atoms with Gasteiger partial charge >= 0.3 is 0 Å². The quantitative estimate of drug-likeness (QED) is 0.541. The molecule has 4 aliphatic rings. The van der Waals surface area contributed by atoms with E-state index >= 15 is 0 Å². The maximum Gasteiger partial charge on any atom is 0.258 e. The van der Waals surface area contributed by atoms with Crippen LogP contribution >= 0.6 is 11.6 Å². The largest absolute Gasteiger partial charge is 0.484 e. The average molecular weight is 450 g/mol. The van der Waals surface area contributed by atoms with E-state index in [1.54, 1.807) is 23.3 Å². The van der Waals surface area contributed by atoms with E-state index in [1.807, 2.05) is 0 Å². The highest BCUT2D eigenvalue weighted by Gasteiger charge is 2.68. The van der Waals surface area contributed by atoms with E-state index in [9.17, 15) is 9.18 Å². The van der Waals surface area contributed by atoms with Gasteiger partial charge in [-0.15, -0.1) is 0 Å². The molecule has 4 aliphatic carbocycles. The molecule has 1 aromatic heterocycles. The Labute approximate surface area is 184 Å². The summed E-state index contributed by atoms with van der Waals surface area (Å²) < 4.78 is 24.7. The lowest BCUT2D eigenvalue weighted by atomic mass is 9.44. The van der Waals surface area contributed by atoms with Gasteiger partial charge in [0.05, 0.1) is 36.2 Å². The van der Waals surface area contributed by atoms with Crippen LogP contribution in [0.15, 0.2) is 30.6 Å². The fraction of sp³-hybridized carbons (Fsp3) is 0.571. The van der Waals surface area contributed by atoms with Crippen LogP contribution in [0.1, 0.15) is 38.1 Å². The van der Waals surface area contributed by atoms with Crippen molar-refractivity contribution in [2.75, 3.05) is 19.8 Å². The maximum atomic E-state index is 13.4. The molecule has 6 rings (SSSR count). The molecular formula is C21H25ClFN5O3. The van der Waals surface area contributed by atoms with Crippen LogP contribution in [0, 0.1) is 5.82 Å². The molecule has 4 fully saturated rings. The Kier molecular flexibility index (Phi) is 5.35. The van der Waals surface area contributed by atoms with E-state index in [4.69, 9.17) is 21.1 Å². The highest BCUT2D eigenvalue weighted by Crippen LogP contribution is 2.60. The molecule has 0 radical (unpaired) electrons. The molecule has 0 saturated heterocycles. The SMILES string of the molecule is O=C(COc1ccc(Cl)c(F)c1)NC12CC(NCCOC3CC(n4nccn4)C3)(C1)C2. The molecule has 1 amide bonds. The third-order valence-electron chi connectivity index (χ3n) is 6.48. The summed E-state index contributed by atoms with van der Waals surface area (Å²) in [6, 6.07) is 4.48. The second-order valence-electron chi connectivity index (χ2n) is 8.90. The van der Waals surface area contributed by atoms with Crippen molar-refractivity contribution < 1.29 is 18.7 Å². The summed E-state index contributed by atoms with van der Waals surface area (Å²) in [5, 5.41) is 15.0. The van der Waals surface area contributed by atoms with Crippen LogP contribution in [-0.4, -0.2) is 57.8 Å². The summed E-state index contributed by atoms with van der Waals surface area (Å²) >= 11 is 5.64. The normalized spacial score (nSPS) is 30.6. The van der Waals surface area contributed by atoms with Crippen molar-refractivity contribution in [2.24, 2.45) is 0 Å². The summed E-state index contributed by atoms with van der Waals surface area (Å²) in [5.74, 6) is -0.479. The van der Waals surface area contributed by atoms with Crippen molar-refractivity contribution in [3.63, 3.8) is 0 Å². The van der Waals surface area contributed by atoms with E-state index in [1.165, 1.54) is 12.1 Å². The average Bonchev–Trinajstić information content (AvgIpc) is 3.18. The van der Waals surface area contributed by atoms with Crippen LogP contribution in [-0.2, 0) is 9.53 Å². The Morgan fingerprint density at radius 2 is 1.97 bits per heavy atom. The first-order valence-electron chi connectivity index (χ1n) is 10.6. The molecule has 0 unspecified atom stereocenters. The summed E-state index contributed by atoms with van der Waals surface area (Å²) in [5.41, 5.74) is -0.00453. The first-order chi connectivity index (χ1) is 14.9. The van der Waals surface area contributed by atoms with Crippen molar-refractivity contribution in [3.8, 4) is 5.75 Å². The number of carbonyl (C=O) groups excluding carboxylic acids is 1. The van der Waals surface area contributed by atoms with Crippen molar-refractivity contribution in [1.29, 1.82) is 0 Å². The number of halogens is 2. The zero-order chi connectivity index (χ0) is 21.5. The van der Waals surface area contributed by atoms with Gasteiger partial charge in [-0.2, -0.15) is 15.0 Å². The Morgan fingerprint density at radius 1 is 1.23 bits per heavy atom. The van der Waals surface area contributed by atoms with Gasteiger partial charge in [0, 0.05) is 23.7 Å². The number of hydrogen-bond acceptors (Lipinski definition) is 6. The second-order valence-corrected chi connectivity index (χ2v) is 9.31. The van der Waals surface area contributed by atoms with Crippen LogP contribution in [0.2, 0.25) is 5.02 Å². The molecule has 1 aromatic carbocycles. The third kappa shape index (κ3) is 4.26. The topological polar surface area (TPSA) is 90.3 Å². The number of carbonyl (C=O) groups is 1. The van der Waals surface area contributed by atoms with Gasteiger partial charge in [-0.25, -0.2) is 4.39 Å². The second kappa shape index (κ2) is 8.03. The molecule has 2 N–H and O–H groups in total. The van der Waals surface area contributed by atoms with Gasteiger partial charge in [0.25, 0.3) is 5.91 Å². The Morgan fingerprint density at radius 3 is 2.68 bits per heavy atom. The number of nitrogens with zero attached hydrogens (tertiary/aromatic N) is 3.